The third-order valence-corrected chi connectivity index (χ3v) is 10.7. The lowest BCUT2D eigenvalue weighted by molar-refractivity contribution is -0.0489. The van der Waals surface area contributed by atoms with Gasteiger partial charge in [0.05, 0.1) is 0 Å². The predicted molar refractivity (Wildman–Crippen MR) is 130 cm³/mol. The van der Waals surface area contributed by atoms with Gasteiger partial charge in [-0.05, 0) is 122 Å². The van der Waals surface area contributed by atoms with Crippen molar-refractivity contribution in [2.75, 3.05) is 0 Å². The molecule has 0 saturated heterocycles. The average Bonchev–Trinajstić information content (AvgIpc) is 3.07. The van der Waals surface area contributed by atoms with Gasteiger partial charge in [-0.1, -0.05) is 44.1 Å². The van der Waals surface area contributed by atoms with Crippen LogP contribution < -0.4 is 0 Å². The van der Waals surface area contributed by atoms with E-state index in [1.54, 1.807) is 5.56 Å². The number of aromatic nitrogens is 1. The lowest BCUT2D eigenvalue weighted by atomic mass is 9.48. The summed E-state index contributed by atoms with van der Waals surface area (Å²) < 4.78 is 0. The number of benzene rings is 1. The van der Waals surface area contributed by atoms with Crippen LogP contribution in [-0.2, 0) is 0 Å². The molecule has 1 heteroatoms. The topological polar surface area (TPSA) is 12.9 Å². The number of hydrogen-bond donors (Lipinski definition) is 0. The monoisotopic (exact) mass is 413 g/mol. The maximum atomic E-state index is 4.40. The Morgan fingerprint density at radius 2 is 1.90 bits per heavy atom. The highest BCUT2D eigenvalue weighted by Crippen LogP contribution is 2.69. The zero-order valence-corrected chi connectivity index (χ0v) is 19.6. The molecule has 1 aromatic heterocycles. The maximum absolute atomic E-state index is 4.40. The molecule has 1 heterocycles. The second-order valence-corrected chi connectivity index (χ2v) is 11.6. The van der Waals surface area contributed by atoms with Crippen molar-refractivity contribution in [2.45, 2.75) is 90.4 Å². The van der Waals surface area contributed by atoms with E-state index < -0.39 is 0 Å². The van der Waals surface area contributed by atoms with Crippen molar-refractivity contribution < 1.29 is 0 Å². The van der Waals surface area contributed by atoms with Gasteiger partial charge in [0, 0.05) is 17.8 Å². The lowest BCUT2D eigenvalue weighted by Crippen LogP contribution is -2.48. The van der Waals surface area contributed by atoms with Gasteiger partial charge < -0.3 is 0 Å². The van der Waals surface area contributed by atoms with Gasteiger partial charge in [0.25, 0.3) is 0 Å². The summed E-state index contributed by atoms with van der Waals surface area (Å²) in [7, 11) is 0. The van der Waals surface area contributed by atoms with Crippen molar-refractivity contribution in [3.05, 3.63) is 53.9 Å². The molecule has 0 N–H and O–H groups in total. The lowest BCUT2D eigenvalue weighted by Gasteiger charge is -2.56. The van der Waals surface area contributed by atoms with Crippen molar-refractivity contribution in [1.29, 1.82) is 0 Å². The van der Waals surface area contributed by atoms with Crippen LogP contribution in [0.4, 0.5) is 0 Å². The summed E-state index contributed by atoms with van der Waals surface area (Å²) in [6, 6.07) is 9.39. The Morgan fingerprint density at radius 1 is 0.968 bits per heavy atom. The maximum Gasteiger partial charge on any atom is 0.0346 e. The summed E-state index contributed by atoms with van der Waals surface area (Å²) in [4.78, 5) is 4.40. The number of pyridine rings is 1. The van der Waals surface area contributed by atoms with Crippen molar-refractivity contribution in [3.8, 4) is 0 Å². The summed E-state index contributed by atoms with van der Waals surface area (Å²) in [5, 5.41) is 2.64. The van der Waals surface area contributed by atoms with Gasteiger partial charge in [0.15, 0.2) is 0 Å². The van der Waals surface area contributed by atoms with Crippen LogP contribution in [0, 0.1) is 28.6 Å². The molecule has 1 aromatic carbocycles. The highest BCUT2D eigenvalue weighted by atomic mass is 14.6. The van der Waals surface area contributed by atoms with Gasteiger partial charge in [-0.3, -0.25) is 4.98 Å². The Balaban J connectivity index is 1.37. The second-order valence-electron chi connectivity index (χ2n) is 11.6. The third kappa shape index (κ3) is 2.98. The van der Waals surface area contributed by atoms with Gasteiger partial charge >= 0.3 is 0 Å². The average molecular weight is 414 g/mol. The van der Waals surface area contributed by atoms with E-state index in [1.807, 2.05) is 11.8 Å². The van der Waals surface area contributed by atoms with Crippen LogP contribution >= 0.6 is 0 Å². The van der Waals surface area contributed by atoms with E-state index in [1.165, 1.54) is 81.4 Å². The minimum atomic E-state index is 0.455. The van der Waals surface area contributed by atoms with Gasteiger partial charge in [-0.15, -0.1) is 0 Å². The first kappa shape index (κ1) is 20.0. The van der Waals surface area contributed by atoms with Gasteiger partial charge in [-0.2, -0.15) is 0 Å². The molecule has 4 aliphatic carbocycles. The van der Waals surface area contributed by atoms with Crippen LogP contribution in [0.5, 0.6) is 0 Å². The first-order chi connectivity index (χ1) is 15.1. The smallest absolute Gasteiger partial charge is 0.0346 e. The third-order valence-electron chi connectivity index (χ3n) is 10.7. The molecule has 2 aromatic rings. The van der Waals surface area contributed by atoms with Gasteiger partial charge in [-0.25, -0.2) is 0 Å². The molecular formula is C30H39N. The molecule has 0 amide bonds. The van der Waals surface area contributed by atoms with E-state index in [-0.39, 0.29) is 0 Å². The van der Waals surface area contributed by atoms with Crippen LogP contribution in [0.2, 0.25) is 0 Å². The SMILES string of the molecule is CC[C@]12CCC3CCCCC3=CC1CCC1(C)C(c3ccc4ccncc4c3)CCC12. The molecule has 31 heavy (non-hydrogen) atoms. The number of fused-ring (bicyclic) bond motifs is 5. The zero-order chi connectivity index (χ0) is 21.1. The highest BCUT2D eigenvalue weighted by Gasteiger charge is 2.60. The largest absolute Gasteiger partial charge is 0.264 e. The Labute approximate surface area is 188 Å². The number of nitrogens with zero attached hydrogens (tertiary/aromatic N) is 1. The molecule has 6 atom stereocenters. The molecule has 6 rings (SSSR count). The molecule has 0 aliphatic heterocycles. The molecule has 164 valence electrons. The fourth-order valence-corrected chi connectivity index (χ4v) is 9.06. The molecule has 4 aliphatic rings. The van der Waals surface area contributed by atoms with Crippen molar-refractivity contribution in [2.24, 2.45) is 28.6 Å². The number of allylic oxidation sites excluding steroid dienone is 2. The quantitative estimate of drug-likeness (QED) is 0.450. The van der Waals surface area contributed by atoms with E-state index in [0.717, 1.165) is 17.8 Å². The first-order valence-corrected chi connectivity index (χ1v) is 13.2. The van der Waals surface area contributed by atoms with Crippen molar-refractivity contribution in [3.63, 3.8) is 0 Å². The normalized spacial score (nSPS) is 39.9. The fraction of sp³-hybridized carbons (Fsp3) is 0.633. The molecule has 1 nitrogen and oxygen atoms in total. The van der Waals surface area contributed by atoms with Crippen molar-refractivity contribution >= 4 is 10.8 Å². The van der Waals surface area contributed by atoms with Gasteiger partial charge in [0.2, 0.25) is 0 Å². The first-order valence-electron chi connectivity index (χ1n) is 13.2. The second kappa shape index (κ2) is 7.46. The summed E-state index contributed by atoms with van der Waals surface area (Å²) in [5.74, 6) is 3.35. The Kier molecular flexibility index (Phi) is 4.82. The van der Waals surface area contributed by atoms with E-state index in [2.05, 4.69) is 55.4 Å². The summed E-state index contributed by atoms with van der Waals surface area (Å²) in [5.41, 5.74) is 4.45. The highest BCUT2D eigenvalue weighted by molar-refractivity contribution is 5.82. The van der Waals surface area contributed by atoms with Crippen LogP contribution in [0.3, 0.4) is 0 Å². The number of rotatable bonds is 2. The summed E-state index contributed by atoms with van der Waals surface area (Å²) >= 11 is 0. The van der Waals surface area contributed by atoms with Crippen LogP contribution in [0.25, 0.3) is 10.8 Å². The fourth-order valence-electron chi connectivity index (χ4n) is 9.06. The minimum Gasteiger partial charge on any atom is -0.264 e. The standard InChI is InChI=1S/C30H39N/c1-3-30-16-12-21-6-4-5-7-23(21)19-26(30)13-15-29(2)27(10-11-28(29)30)24-9-8-22-14-17-31-20-25(22)18-24/h8-9,14,17-21,26-28H,3-7,10-13,15-16H2,1-2H3/t21?,26?,27?,28?,29?,30-/m0/s1. The molecule has 3 fully saturated rings. The molecule has 5 unspecified atom stereocenters. The Hall–Kier alpha value is -1.63. The van der Waals surface area contributed by atoms with E-state index in [9.17, 15) is 0 Å². The van der Waals surface area contributed by atoms with Crippen molar-refractivity contribution in [1.82, 2.24) is 4.98 Å². The number of hydrogen-bond acceptors (Lipinski definition) is 1. The molecule has 3 saturated carbocycles. The molecule has 0 radical (unpaired) electrons. The van der Waals surface area contributed by atoms with Crippen LogP contribution in [0.15, 0.2) is 48.3 Å². The summed E-state index contributed by atoms with van der Waals surface area (Å²) in [6.45, 7) is 5.21. The Morgan fingerprint density at radius 3 is 2.81 bits per heavy atom. The van der Waals surface area contributed by atoms with E-state index >= 15 is 0 Å². The van der Waals surface area contributed by atoms with E-state index in [4.69, 9.17) is 0 Å². The minimum absolute atomic E-state index is 0.455. The van der Waals surface area contributed by atoms with Crippen LogP contribution in [-0.4, -0.2) is 4.98 Å². The summed E-state index contributed by atoms with van der Waals surface area (Å²) in [6.07, 6.45) is 22.6. The molecule has 0 spiro atoms. The molecular weight excluding hydrogens is 374 g/mol. The van der Waals surface area contributed by atoms with Gasteiger partial charge in [0.1, 0.15) is 0 Å². The van der Waals surface area contributed by atoms with Crippen LogP contribution in [0.1, 0.15) is 96.0 Å². The molecule has 0 bridgehead atoms. The Bertz CT molecular complexity index is 1000. The van der Waals surface area contributed by atoms with E-state index in [0.29, 0.717) is 16.7 Å². The predicted octanol–water partition coefficient (Wildman–Crippen LogP) is 8.45. The zero-order valence-electron chi connectivity index (χ0n) is 19.6.